The molecule has 1 atom stereocenters. The van der Waals surface area contributed by atoms with Gasteiger partial charge in [-0.1, -0.05) is 59.1 Å². The first kappa shape index (κ1) is 25.9. The number of hydrogen-bond acceptors (Lipinski definition) is 3. The summed E-state index contributed by atoms with van der Waals surface area (Å²) in [7, 11) is 0. The van der Waals surface area contributed by atoms with Crippen molar-refractivity contribution < 1.29 is 9.59 Å². The third-order valence-corrected chi connectivity index (χ3v) is 6.52. The Bertz CT molecular complexity index is 931. The molecule has 0 spiro atoms. The molecule has 2 rings (SSSR count). The van der Waals surface area contributed by atoms with Gasteiger partial charge in [0.25, 0.3) is 0 Å². The van der Waals surface area contributed by atoms with Crippen molar-refractivity contribution in [3.8, 4) is 0 Å². The number of benzene rings is 2. The fraction of sp³-hybridized carbons (Fsp3) is 0.391. The lowest BCUT2D eigenvalue weighted by Gasteiger charge is -2.31. The van der Waals surface area contributed by atoms with Gasteiger partial charge >= 0.3 is 0 Å². The van der Waals surface area contributed by atoms with E-state index in [1.165, 1.54) is 11.8 Å². The summed E-state index contributed by atoms with van der Waals surface area (Å²) in [6.07, 6.45) is 0. The van der Waals surface area contributed by atoms with Gasteiger partial charge in [-0.3, -0.25) is 9.59 Å². The molecule has 0 radical (unpaired) electrons. The lowest BCUT2D eigenvalue weighted by atomic mass is 10.1. The van der Waals surface area contributed by atoms with Gasteiger partial charge in [-0.15, -0.1) is 11.8 Å². The quantitative estimate of drug-likeness (QED) is 0.468. The van der Waals surface area contributed by atoms with Crippen LogP contribution in [0, 0.1) is 0 Å². The Morgan fingerprint density at radius 2 is 1.71 bits per heavy atom. The Morgan fingerprint density at radius 1 is 1.03 bits per heavy atom. The molecule has 0 heterocycles. The largest absolute Gasteiger partial charge is 0.350 e. The average molecular weight is 502 g/mol. The lowest BCUT2D eigenvalue weighted by Crippen LogP contribution is -2.52. The second-order valence-corrected chi connectivity index (χ2v) is 10.5. The third kappa shape index (κ3) is 8.23. The maximum absolute atomic E-state index is 13.1. The van der Waals surface area contributed by atoms with Gasteiger partial charge in [0, 0.05) is 22.9 Å². The smallest absolute Gasteiger partial charge is 0.242 e. The average Bonchev–Trinajstić information content (AvgIpc) is 2.68. The van der Waals surface area contributed by atoms with Crippen molar-refractivity contribution >= 4 is 58.4 Å². The van der Waals surface area contributed by atoms with Gasteiger partial charge in [-0.25, -0.2) is 0 Å². The van der Waals surface area contributed by atoms with Gasteiger partial charge in [0.2, 0.25) is 11.8 Å². The van der Waals surface area contributed by atoms with Crippen molar-refractivity contribution in [1.29, 1.82) is 0 Å². The number of thioether (sulfide) groups is 1. The summed E-state index contributed by atoms with van der Waals surface area (Å²) in [5.74, 6) is 0.477. The topological polar surface area (TPSA) is 49.4 Å². The highest BCUT2D eigenvalue weighted by Crippen LogP contribution is 2.25. The molecule has 4 nitrogen and oxygen atoms in total. The molecule has 0 aliphatic carbocycles. The minimum Gasteiger partial charge on any atom is -0.350 e. The highest BCUT2D eigenvalue weighted by molar-refractivity contribution is 7.99. The highest BCUT2D eigenvalue weighted by atomic mass is 35.5. The first-order chi connectivity index (χ1) is 14.5. The summed E-state index contributed by atoms with van der Waals surface area (Å²) >= 11 is 19.8. The molecule has 8 heteroatoms. The number of hydrogen-bond donors (Lipinski definition) is 1. The monoisotopic (exact) mass is 500 g/mol. The van der Waals surface area contributed by atoms with Crippen molar-refractivity contribution in [2.75, 3.05) is 5.75 Å². The normalized spacial score (nSPS) is 12.4. The Hall–Kier alpha value is -1.40. The van der Waals surface area contributed by atoms with Crippen LogP contribution in [-0.4, -0.2) is 34.0 Å². The summed E-state index contributed by atoms with van der Waals surface area (Å²) in [5.41, 5.74) is 1.37. The second-order valence-electron chi connectivity index (χ2n) is 8.27. The Labute approximate surface area is 203 Å². The predicted octanol–water partition coefficient (Wildman–Crippen LogP) is 6.21. The standard InChI is InChI=1S/C23H27Cl3N2O2S/c1-15(22(30)27-23(2,3)4)28(12-16-9-10-19(25)20(26)11-16)21(29)14-31-13-17-7-5-6-8-18(17)24/h5-11,15H,12-14H2,1-4H3,(H,27,30)/t15-/m0/s1. The van der Waals surface area contributed by atoms with E-state index in [-0.39, 0.29) is 24.1 Å². The van der Waals surface area contributed by atoms with Crippen LogP contribution in [0.3, 0.4) is 0 Å². The van der Waals surface area contributed by atoms with E-state index >= 15 is 0 Å². The summed E-state index contributed by atoms with van der Waals surface area (Å²) in [4.78, 5) is 27.5. The molecule has 31 heavy (non-hydrogen) atoms. The fourth-order valence-corrected chi connectivity index (χ4v) is 4.35. The van der Waals surface area contributed by atoms with E-state index < -0.39 is 11.6 Å². The summed E-state index contributed by atoms with van der Waals surface area (Å²) < 4.78 is 0. The van der Waals surface area contributed by atoms with Gasteiger partial charge in [-0.2, -0.15) is 0 Å². The van der Waals surface area contributed by atoms with Crippen molar-refractivity contribution in [3.05, 3.63) is 68.7 Å². The molecule has 0 saturated heterocycles. The molecule has 0 saturated carbocycles. The summed E-state index contributed by atoms with van der Waals surface area (Å²) in [6.45, 7) is 7.70. The molecule has 0 aliphatic rings. The Morgan fingerprint density at radius 3 is 2.32 bits per heavy atom. The van der Waals surface area contributed by atoms with Crippen molar-refractivity contribution in [2.24, 2.45) is 0 Å². The van der Waals surface area contributed by atoms with E-state index in [4.69, 9.17) is 34.8 Å². The SMILES string of the molecule is C[C@@H](C(=O)NC(C)(C)C)N(Cc1ccc(Cl)c(Cl)c1)C(=O)CSCc1ccccc1Cl. The molecule has 0 aromatic heterocycles. The van der Waals surface area contributed by atoms with E-state index in [1.807, 2.05) is 45.0 Å². The molecule has 0 unspecified atom stereocenters. The zero-order valence-electron chi connectivity index (χ0n) is 18.0. The Kier molecular flexibility index (Phi) is 9.56. The molecule has 168 valence electrons. The second kappa shape index (κ2) is 11.5. The molecule has 2 aromatic rings. The molecular weight excluding hydrogens is 475 g/mol. The van der Waals surface area contributed by atoms with Crippen molar-refractivity contribution in [1.82, 2.24) is 10.2 Å². The highest BCUT2D eigenvalue weighted by Gasteiger charge is 2.28. The van der Waals surface area contributed by atoms with Crippen LogP contribution in [0.4, 0.5) is 0 Å². The first-order valence-electron chi connectivity index (χ1n) is 9.84. The van der Waals surface area contributed by atoms with Crippen LogP contribution in [0.2, 0.25) is 15.1 Å². The molecule has 0 aliphatic heterocycles. The molecule has 0 bridgehead atoms. The van der Waals surface area contributed by atoms with Crippen LogP contribution in [0.1, 0.15) is 38.8 Å². The number of amides is 2. The number of nitrogens with zero attached hydrogens (tertiary/aromatic N) is 1. The van der Waals surface area contributed by atoms with Crippen LogP contribution in [-0.2, 0) is 21.9 Å². The molecule has 2 aromatic carbocycles. The predicted molar refractivity (Wildman–Crippen MR) is 132 cm³/mol. The number of rotatable bonds is 8. The zero-order chi connectivity index (χ0) is 23.2. The van der Waals surface area contributed by atoms with Gasteiger partial charge in [0.1, 0.15) is 6.04 Å². The van der Waals surface area contributed by atoms with E-state index in [0.29, 0.717) is 20.8 Å². The minimum absolute atomic E-state index is 0.139. The number of halogens is 3. The van der Waals surface area contributed by atoms with Crippen LogP contribution >= 0.6 is 46.6 Å². The van der Waals surface area contributed by atoms with Gasteiger partial charge in [0.05, 0.1) is 15.8 Å². The number of carbonyl (C=O) groups excluding carboxylic acids is 2. The van der Waals surface area contributed by atoms with E-state index in [1.54, 1.807) is 30.0 Å². The zero-order valence-corrected chi connectivity index (χ0v) is 21.1. The van der Waals surface area contributed by atoms with Crippen molar-refractivity contribution in [2.45, 2.75) is 51.6 Å². The van der Waals surface area contributed by atoms with Crippen LogP contribution in [0.25, 0.3) is 0 Å². The lowest BCUT2D eigenvalue weighted by molar-refractivity contribution is -0.139. The summed E-state index contributed by atoms with van der Waals surface area (Å²) in [6, 6.07) is 12.1. The number of carbonyl (C=O) groups is 2. The molecule has 2 amide bonds. The maximum atomic E-state index is 13.1. The van der Waals surface area contributed by atoms with Crippen LogP contribution in [0.5, 0.6) is 0 Å². The fourth-order valence-electron chi connectivity index (χ4n) is 2.84. The van der Waals surface area contributed by atoms with Crippen molar-refractivity contribution in [3.63, 3.8) is 0 Å². The van der Waals surface area contributed by atoms with Gasteiger partial charge < -0.3 is 10.2 Å². The van der Waals surface area contributed by atoms with E-state index in [2.05, 4.69) is 5.32 Å². The van der Waals surface area contributed by atoms with Crippen LogP contribution < -0.4 is 5.32 Å². The third-order valence-electron chi connectivity index (χ3n) is 4.44. The molecule has 0 fully saturated rings. The number of nitrogens with one attached hydrogen (secondary N) is 1. The molecule has 1 N–H and O–H groups in total. The van der Waals surface area contributed by atoms with Crippen LogP contribution in [0.15, 0.2) is 42.5 Å². The Balaban J connectivity index is 2.14. The van der Waals surface area contributed by atoms with Gasteiger partial charge in [-0.05, 0) is 57.0 Å². The first-order valence-corrected chi connectivity index (χ1v) is 12.1. The van der Waals surface area contributed by atoms with E-state index in [0.717, 1.165) is 11.1 Å². The molecular formula is C23H27Cl3N2O2S. The maximum Gasteiger partial charge on any atom is 0.242 e. The van der Waals surface area contributed by atoms with E-state index in [9.17, 15) is 9.59 Å². The van der Waals surface area contributed by atoms with Gasteiger partial charge in [0.15, 0.2) is 0 Å². The summed E-state index contributed by atoms with van der Waals surface area (Å²) in [5, 5.41) is 4.47. The minimum atomic E-state index is -0.651.